The van der Waals surface area contributed by atoms with Crippen molar-refractivity contribution in [2.75, 3.05) is 19.6 Å². The van der Waals surface area contributed by atoms with Crippen LogP contribution in [0, 0.1) is 16.7 Å². The molecule has 0 aromatic heterocycles. The lowest BCUT2D eigenvalue weighted by Gasteiger charge is -2.36. The number of hydrogen-bond donors (Lipinski definition) is 1. The monoisotopic (exact) mass is 251 g/mol. The van der Waals surface area contributed by atoms with Crippen molar-refractivity contribution >= 4 is 0 Å². The van der Waals surface area contributed by atoms with Gasteiger partial charge in [0, 0.05) is 25.0 Å². The number of rotatable bonds is 6. The summed E-state index contributed by atoms with van der Waals surface area (Å²) in [5.74, 6) is 0. The fourth-order valence-corrected chi connectivity index (χ4v) is 2.52. The number of piperidine rings is 1. The molecule has 1 heterocycles. The Kier molecular flexibility index (Phi) is 6.11. The first kappa shape index (κ1) is 15.5. The second kappa shape index (κ2) is 7.11. The van der Waals surface area contributed by atoms with E-state index >= 15 is 0 Å². The van der Waals surface area contributed by atoms with E-state index in [9.17, 15) is 0 Å². The second-order valence-corrected chi connectivity index (χ2v) is 6.61. The van der Waals surface area contributed by atoms with Crippen LogP contribution in [-0.2, 0) is 0 Å². The SMILES string of the molecule is CC(C)N1CCC(NCC(C)(C)CCC#N)CC1. The number of nitrogens with one attached hydrogen (secondary N) is 1. The van der Waals surface area contributed by atoms with Gasteiger partial charge >= 0.3 is 0 Å². The van der Waals surface area contributed by atoms with Gasteiger partial charge in [0.25, 0.3) is 0 Å². The van der Waals surface area contributed by atoms with Gasteiger partial charge in [-0.2, -0.15) is 5.26 Å². The molecule has 104 valence electrons. The molecule has 0 amide bonds. The Morgan fingerprint density at radius 3 is 2.44 bits per heavy atom. The van der Waals surface area contributed by atoms with Crippen LogP contribution in [0.25, 0.3) is 0 Å². The molecule has 0 unspecified atom stereocenters. The van der Waals surface area contributed by atoms with Crippen LogP contribution in [0.5, 0.6) is 0 Å². The topological polar surface area (TPSA) is 39.1 Å². The summed E-state index contributed by atoms with van der Waals surface area (Å²) in [6, 6.07) is 3.59. The van der Waals surface area contributed by atoms with Crippen molar-refractivity contribution in [2.24, 2.45) is 5.41 Å². The van der Waals surface area contributed by atoms with E-state index in [2.05, 4.69) is 44.0 Å². The van der Waals surface area contributed by atoms with Gasteiger partial charge in [-0.3, -0.25) is 0 Å². The maximum Gasteiger partial charge on any atom is 0.0621 e. The smallest absolute Gasteiger partial charge is 0.0621 e. The van der Waals surface area contributed by atoms with Crippen LogP contribution in [-0.4, -0.2) is 36.6 Å². The average Bonchev–Trinajstić information content (AvgIpc) is 2.35. The largest absolute Gasteiger partial charge is 0.313 e. The Morgan fingerprint density at radius 2 is 1.94 bits per heavy atom. The Morgan fingerprint density at radius 1 is 1.33 bits per heavy atom. The third-order valence-corrected chi connectivity index (χ3v) is 4.04. The highest BCUT2D eigenvalue weighted by Gasteiger charge is 2.23. The molecule has 1 rings (SSSR count). The summed E-state index contributed by atoms with van der Waals surface area (Å²) in [6.45, 7) is 12.5. The molecule has 0 aromatic carbocycles. The van der Waals surface area contributed by atoms with E-state index in [0.717, 1.165) is 13.0 Å². The molecule has 1 aliphatic heterocycles. The molecular formula is C15H29N3. The van der Waals surface area contributed by atoms with Gasteiger partial charge in [0.15, 0.2) is 0 Å². The van der Waals surface area contributed by atoms with Crippen LogP contribution in [0.3, 0.4) is 0 Å². The van der Waals surface area contributed by atoms with E-state index in [-0.39, 0.29) is 5.41 Å². The molecule has 1 aliphatic rings. The first-order valence-corrected chi connectivity index (χ1v) is 7.29. The van der Waals surface area contributed by atoms with Crippen LogP contribution < -0.4 is 5.32 Å². The molecule has 0 saturated carbocycles. The van der Waals surface area contributed by atoms with E-state index in [0.29, 0.717) is 18.5 Å². The van der Waals surface area contributed by atoms with Gasteiger partial charge in [-0.25, -0.2) is 0 Å². The van der Waals surface area contributed by atoms with Crippen LogP contribution in [0.15, 0.2) is 0 Å². The lowest BCUT2D eigenvalue weighted by atomic mass is 9.87. The first-order valence-electron chi connectivity index (χ1n) is 7.29. The molecule has 1 N–H and O–H groups in total. The molecule has 0 radical (unpaired) electrons. The predicted octanol–water partition coefficient (Wildman–Crippen LogP) is 2.78. The Hall–Kier alpha value is -0.590. The lowest BCUT2D eigenvalue weighted by Crippen LogP contribution is -2.46. The van der Waals surface area contributed by atoms with Crippen molar-refractivity contribution in [3.05, 3.63) is 0 Å². The molecule has 0 atom stereocenters. The molecular weight excluding hydrogens is 222 g/mol. The van der Waals surface area contributed by atoms with E-state index in [4.69, 9.17) is 5.26 Å². The summed E-state index contributed by atoms with van der Waals surface area (Å²) in [5, 5.41) is 12.3. The minimum Gasteiger partial charge on any atom is -0.313 e. The molecule has 3 heteroatoms. The van der Waals surface area contributed by atoms with Crippen molar-refractivity contribution in [1.29, 1.82) is 5.26 Å². The molecule has 0 aromatic rings. The van der Waals surface area contributed by atoms with Gasteiger partial charge in [0.2, 0.25) is 0 Å². The van der Waals surface area contributed by atoms with E-state index in [1.807, 2.05) is 0 Å². The third kappa shape index (κ3) is 5.37. The Labute approximate surface area is 113 Å². The molecule has 0 bridgehead atoms. The highest BCUT2D eigenvalue weighted by Crippen LogP contribution is 2.22. The van der Waals surface area contributed by atoms with Gasteiger partial charge in [-0.15, -0.1) is 0 Å². The minimum absolute atomic E-state index is 0.241. The van der Waals surface area contributed by atoms with E-state index in [1.165, 1.54) is 25.9 Å². The summed E-state index contributed by atoms with van der Waals surface area (Å²) >= 11 is 0. The van der Waals surface area contributed by atoms with Gasteiger partial charge in [0.05, 0.1) is 6.07 Å². The fraction of sp³-hybridized carbons (Fsp3) is 0.933. The van der Waals surface area contributed by atoms with Gasteiger partial charge in [0.1, 0.15) is 0 Å². The summed E-state index contributed by atoms with van der Waals surface area (Å²) in [7, 11) is 0. The summed E-state index contributed by atoms with van der Waals surface area (Å²) < 4.78 is 0. The maximum atomic E-state index is 8.65. The number of likely N-dealkylation sites (tertiary alicyclic amines) is 1. The quantitative estimate of drug-likeness (QED) is 0.789. The normalized spacial score (nSPS) is 19.1. The third-order valence-electron chi connectivity index (χ3n) is 4.04. The standard InChI is InChI=1S/C15H29N3/c1-13(2)18-10-6-14(7-11-18)17-12-15(3,4)8-5-9-16/h13-14,17H,5-8,10-12H2,1-4H3. The highest BCUT2D eigenvalue weighted by molar-refractivity contribution is 4.83. The van der Waals surface area contributed by atoms with Crippen LogP contribution in [0.1, 0.15) is 53.4 Å². The van der Waals surface area contributed by atoms with Crippen molar-refractivity contribution in [3.63, 3.8) is 0 Å². The first-order chi connectivity index (χ1) is 8.44. The summed E-state index contributed by atoms with van der Waals surface area (Å²) in [4.78, 5) is 2.55. The summed E-state index contributed by atoms with van der Waals surface area (Å²) in [5.41, 5.74) is 0.241. The fourth-order valence-electron chi connectivity index (χ4n) is 2.52. The molecule has 3 nitrogen and oxygen atoms in total. The molecule has 1 saturated heterocycles. The average molecular weight is 251 g/mol. The van der Waals surface area contributed by atoms with Crippen LogP contribution in [0.4, 0.5) is 0 Å². The van der Waals surface area contributed by atoms with Crippen molar-refractivity contribution in [2.45, 2.75) is 65.5 Å². The van der Waals surface area contributed by atoms with Crippen molar-refractivity contribution in [3.8, 4) is 6.07 Å². The zero-order chi connectivity index (χ0) is 13.6. The van der Waals surface area contributed by atoms with Crippen molar-refractivity contribution < 1.29 is 0 Å². The number of nitrogens with zero attached hydrogens (tertiary/aromatic N) is 2. The second-order valence-electron chi connectivity index (χ2n) is 6.61. The van der Waals surface area contributed by atoms with Crippen LogP contribution in [0.2, 0.25) is 0 Å². The Balaban J connectivity index is 2.23. The van der Waals surface area contributed by atoms with Gasteiger partial charge in [-0.05, 0) is 51.6 Å². The lowest BCUT2D eigenvalue weighted by molar-refractivity contribution is 0.154. The zero-order valence-electron chi connectivity index (χ0n) is 12.5. The number of nitriles is 1. The molecule has 0 aliphatic carbocycles. The van der Waals surface area contributed by atoms with Crippen LogP contribution >= 0.6 is 0 Å². The van der Waals surface area contributed by atoms with Gasteiger partial charge in [-0.1, -0.05) is 13.8 Å². The minimum atomic E-state index is 0.241. The van der Waals surface area contributed by atoms with Crippen molar-refractivity contribution in [1.82, 2.24) is 10.2 Å². The zero-order valence-corrected chi connectivity index (χ0v) is 12.5. The molecule has 18 heavy (non-hydrogen) atoms. The maximum absolute atomic E-state index is 8.65. The molecule has 0 spiro atoms. The number of hydrogen-bond acceptors (Lipinski definition) is 3. The Bertz CT molecular complexity index is 270. The summed E-state index contributed by atoms with van der Waals surface area (Å²) in [6.07, 6.45) is 4.17. The van der Waals surface area contributed by atoms with E-state index in [1.54, 1.807) is 0 Å². The molecule has 1 fully saturated rings. The predicted molar refractivity (Wildman–Crippen MR) is 76.4 cm³/mol. The highest BCUT2D eigenvalue weighted by atomic mass is 15.2. The van der Waals surface area contributed by atoms with Gasteiger partial charge < -0.3 is 10.2 Å². The van der Waals surface area contributed by atoms with E-state index < -0.39 is 0 Å².